The molecule has 120 valence electrons. The third-order valence-electron chi connectivity index (χ3n) is 3.19. The molecule has 1 rings (SSSR count). The first-order chi connectivity index (χ1) is 9.99. The number of hydrogen-bond donors (Lipinski definition) is 3. The molecule has 0 aliphatic carbocycles. The molecule has 0 saturated carbocycles. The van der Waals surface area contributed by atoms with Crippen LogP contribution in [0.25, 0.3) is 0 Å². The Morgan fingerprint density at radius 2 is 1.95 bits per heavy atom. The minimum atomic E-state index is -1.19. The van der Waals surface area contributed by atoms with Gasteiger partial charge in [0.1, 0.15) is 6.04 Å². The summed E-state index contributed by atoms with van der Waals surface area (Å²) in [5.41, 5.74) is 0. The van der Waals surface area contributed by atoms with Crippen molar-refractivity contribution in [3.63, 3.8) is 0 Å². The van der Waals surface area contributed by atoms with Crippen molar-refractivity contribution in [2.45, 2.75) is 56.2 Å². The second kappa shape index (κ2) is 9.94. The van der Waals surface area contributed by atoms with Crippen molar-refractivity contribution in [3.8, 4) is 0 Å². The van der Waals surface area contributed by atoms with Gasteiger partial charge in [0.15, 0.2) is 0 Å². The normalized spacial score (nSPS) is 19.1. The number of nitrogens with one attached hydrogen (secondary N) is 1. The minimum absolute atomic E-state index is 0.0909. The number of aliphatic carboxylic acids is 2. The maximum atomic E-state index is 11.7. The summed E-state index contributed by atoms with van der Waals surface area (Å²) in [5.74, 6) is -1.38. The van der Waals surface area contributed by atoms with Gasteiger partial charge in [0, 0.05) is 23.8 Å². The van der Waals surface area contributed by atoms with Crippen molar-refractivity contribution in [3.05, 3.63) is 0 Å². The Labute approximate surface area is 131 Å². The summed E-state index contributed by atoms with van der Waals surface area (Å²) in [6.45, 7) is 0. The monoisotopic (exact) mass is 335 g/mol. The third-order valence-corrected chi connectivity index (χ3v) is 6.19. The second-order valence-electron chi connectivity index (χ2n) is 4.97. The van der Waals surface area contributed by atoms with E-state index in [1.165, 1.54) is 12.2 Å². The third kappa shape index (κ3) is 8.21. The zero-order chi connectivity index (χ0) is 15.7. The fourth-order valence-electron chi connectivity index (χ4n) is 2.01. The predicted octanol–water partition coefficient (Wildman–Crippen LogP) is 2.13. The molecular formula is C13H21NO5S2. The van der Waals surface area contributed by atoms with E-state index in [0.717, 1.165) is 19.3 Å². The van der Waals surface area contributed by atoms with Crippen LogP contribution in [0.2, 0.25) is 0 Å². The molecule has 0 spiro atoms. The molecule has 1 aliphatic rings. The summed E-state index contributed by atoms with van der Waals surface area (Å²) in [7, 11) is 3.80. The Kier molecular flexibility index (Phi) is 8.60. The molecule has 0 aromatic rings. The number of carboxylic acid groups (broad SMARTS) is 2. The van der Waals surface area contributed by atoms with Gasteiger partial charge in [0.25, 0.3) is 0 Å². The number of amides is 1. The smallest absolute Gasteiger partial charge is 0.326 e. The Morgan fingerprint density at radius 3 is 2.52 bits per heavy atom. The molecule has 1 amide bonds. The lowest BCUT2D eigenvalue weighted by Crippen LogP contribution is -2.41. The van der Waals surface area contributed by atoms with E-state index >= 15 is 0 Å². The summed E-state index contributed by atoms with van der Waals surface area (Å²) >= 11 is 0. The molecule has 1 saturated heterocycles. The van der Waals surface area contributed by atoms with Gasteiger partial charge in [-0.3, -0.25) is 9.59 Å². The molecule has 8 heteroatoms. The van der Waals surface area contributed by atoms with E-state index in [2.05, 4.69) is 5.32 Å². The van der Waals surface area contributed by atoms with E-state index in [1.54, 1.807) is 0 Å². The number of carboxylic acids is 2. The Balaban J connectivity index is 2.16. The lowest BCUT2D eigenvalue weighted by Gasteiger charge is -2.13. The maximum Gasteiger partial charge on any atom is 0.326 e. The van der Waals surface area contributed by atoms with Crippen LogP contribution in [0, 0.1) is 0 Å². The molecule has 21 heavy (non-hydrogen) atoms. The molecule has 1 aliphatic heterocycles. The zero-order valence-corrected chi connectivity index (χ0v) is 13.4. The van der Waals surface area contributed by atoms with Gasteiger partial charge < -0.3 is 15.5 Å². The first kappa shape index (κ1) is 18.2. The molecular weight excluding hydrogens is 314 g/mol. The van der Waals surface area contributed by atoms with Crippen molar-refractivity contribution < 1.29 is 24.6 Å². The Hall–Kier alpha value is -0.890. The van der Waals surface area contributed by atoms with Gasteiger partial charge in [0.05, 0.1) is 0 Å². The Bertz CT molecular complexity index is 372. The van der Waals surface area contributed by atoms with Crippen LogP contribution in [0.1, 0.15) is 44.9 Å². The van der Waals surface area contributed by atoms with Crippen molar-refractivity contribution in [1.29, 1.82) is 0 Å². The fraction of sp³-hybridized carbons (Fsp3) is 0.769. The lowest BCUT2D eigenvalue weighted by atomic mass is 10.1. The number of unbranched alkanes of at least 4 members (excludes halogenated alkanes) is 1. The van der Waals surface area contributed by atoms with Gasteiger partial charge in [-0.05, 0) is 25.7 Å². The van der Waals surface area contributed by atoms with E-state index < -0.39 is 18.0 Å². The molecule has 1 heterocycles. The quantitative estimate of drug-likeness (QED) is 0.415. The average molecular weight is 335 g/mol. The van der Waals surface area contributed by atoms with Gasteiger partial charge in [-0.1, -0.05) is 28.0 Å². The van der Waals surface area contributed by atoms with Gasteiger partial charge in [0.2, 0.25) is 5.91 Å². The first-order valence-electron chi connectivity index (χ1n) is 7.01. The van der Waals surface area contributed by atoms with Crippen LogP contribution in [0.15, 0.2) is 0 Å². The van der Waals surface area contributed by atoms with E-state index in [4.69, 9.17) is 10.2 Å². The number of hydrogen-bond acceptors (Lipinski definition) is 5. The van der Waals surface area contributed by atoms with E-state index in [1.807, 2.05) is 21.6 Å². The largest absolute Gasteiger partial charge is 0.481 e. The minimum Gasteiger partial charge on any atom is -0.481 e. The average Bonchev–Trinajstić information content (AvgIpc) is 2.92. The highest BCUT2D eigenvalue weighted by molar-refractivity contribution is 8.77. The van der Waals surface area contributed by atoms with Gasteiger partial charge in [-0.25, -0.2) is 4.79 Å². The second-order valence-corrected chi connectivity index (χ2v) is 7.75. The van der Waals surface area contributed by atoms with E-state index in [0.29, 0.717) is 11.7 Å². The van der Waals surface area contributed by atoms with Crippen molar-refractivity contribution in [2.24, 2.45) is 0 Å². The lowest BCUT2D eigenvalue weighted by molar-refractivity contribution is -0.143. The van der Waals surface area contributed by atoms with Crippen LogP contribution in [-0.2, 0) is 14.4 Å². The van der Waals surface area contributed by atoms with Crippen molar-refractivity contribution >= 4 is 39.4 Å². The predicted molar refractivity (Wildman–Crippen MR) is 83.4 cm³/mol. The summed E-state index contributed by atoms with van der Waals surface area (Å²) in [4.78, 5) is 33.0. The topological polar surface area (TPSA) is 104 Å². The highest BCUT2D eigenvalue weighted by Gasteiger charge is 2.21. The van der Waals surface area contributed by atoms with Gasteiger partial charge >= 0.3 is 11.9 Å². The van der Waals surface area contributed by atoms with Gasteiger partial charge in [-0.2, -0.15) is 0 Å². The molecule has 0 aromatic heterocycles. The molecule has 2 atom stereocenters. The number of carbonyl (C=O) groups excluding carboxylic acids is 1. The van der Waals surface area contributed by atoms with E-state index in [9.17, 15) is 14.4 Å². The van der Waals surface area contributed by atoms with Crippen LogP contribution in [0.4, 0.5) is 0 Å². The van der Waals surface area contributed by atoms with E-state index in [-0.39, 0.29) is 18.7 Å². The van der Waals surface area contributed by atoms with Crippen LogP contribution in [0.3, 0.4) is 0 Å². The molecule has 3 N–H and O–H groups in total. The maximum absolute atomic E-state index is 11.7. The molecule has 1 fully saturated rings. The zero-order valence-electron chi connectivity index (χ0n) is 11.7. The van der Waals surface area contributed by atoms with Crippen molar-refractivity contribution in [2.75, 3.05) is 5.75 Å². The summed E-state index contributed by atoms with van der Waals surface area (Å²) in [5, 5.41) is 20.6. The van der Waals surface area contributed by atoms with Crippen LogP contribution in [0.5, 0.6) is 0 Å². The molecule has 0 bridgehead atoms. The molecule has 6 nitrogen and oxygen atoms in total. The van der Waals surface area contributed by atoms with Crippen LogP contribution >= 0.6 is 21.6 Å². The van der Waals surface area contributed by atoms with Crippen molar-refractivity contribution in [1.82, 2.24) is 5.32 Å². The number of carbonyl (C=O) groups is 3. The number of rotatable bonds is 10. The summed E-state index contributed by atoms with van der Waals surface area (Å²) in [6.07, 6.45) is 3.93. The SMILES string of the molecule is O=C(O)CCC(NC(=O)CCCCC1CCSS1)C(=O)O. The fourth-order valence-corrected chi connectivity index (χ4v) is 5.04. The van der Waals surface area contributed by atoms with Crippen LogP contribution in [-0.4, -0.2) is 45.1 Å². The highest BCUT2D eigenvalue weighted by atomic mass is 33.1. The summed E-state index contributed by atoms with van der Waals surface area (Å²) < 4.78 is 0. The first-order valence-corrected chi connectivity index (χ1v) is 9.39. The van der Waals surface area contributed by atoms with Crippen LogP contribution < -0.4 is 5.32 Å². The summed E-state index contributed by atoms with van der Waals surface area (Å²) in [6, 6.07) is -1.12. The molecule has 0 aromatic carbocycles. The molecule has 0 radical (unpaired) electrons. The highest BCUT2D eigenvalue weighted by Crippen LogP contribution is 2.39. The van der Waals surface area contributed by atoms with Gasteiger partial charge in [-0.15, -0.1) is 0 Å². The molecule has 2 unspecified atom stereocenters. The standard InChI is InChI=1S/C13H21NO5S2/c15-11(4-2-1-3-9-7-8-20-21-9)14-10(13(18)19)5-6-12(16)17/h9-10H,1-8H2,(H,14,15)(H,16,17)(H,18,19). The Morgan fingerprint density at radius 1 is 1.19 bits per heavy atom.